The lowest BCUT2D eigenvalue weighted by molar-refractivity contribution is 0.0979. The summed E-state index contributed by atoms with van der Waals surface area (Å²) < 4.78 is 0. The predicted octanol–water partition coefficient (Wildman–Crippen LogP) is 3.77. The Balaban J connectivity index is 2.76. The second-order valence-electron chi connectivity index (χ2n) is 4.34. The van der Waals surface area contributed by atoms with Crippen molar-refractivity contribution in [2.24, 2.45) is 0 Å². The van der Waals surface area contributed by atoms with Crippen LogP contribution in [0, 0.1) is 13.8 Å². The van der Waals surface area contributed by atoms with E-state index in [2.05, 4.69) is 6.92 Å². The molecule has 0 bridgehead atoms. The molecule has 0 aliphatic carbocycles. The van der Waals surface area contributed by atoms with Gasteiger partial charge in [0.05, 0.1) is 0 Å². The average Bonchev–Trinajstić information content (AvgIpc) is 2.25. The molecule has 0 spiro atoms. The minimum atomic E-state index is 0.180. The standard InChI is InChI=1S/C14H20O2/c1-4-5-6-7-13(15)12-8-10(2)14(16)11(3)9-12/h8-9,16H,4-7H2,1-3H3. The van der Waals surface area contributed by atoms with Crippen LogP contribution in [0.5, 0.6) is 5.75 Å². The molecule has 0 aliphatic heterocycles. The summed E-state index contributed by atoms with van der Waals surface area (Å²) in [6.45, 7) is 5.77. The predicted molar refractivity (Wildman–Crippen MR) is 66.1 cm³/mol. The molecule has 2 nitrogen and oxygen atoms in total. The summed E-state index contributed by atoms with van der Waals surface area (Å²) in [6, 6.07) is 3.55. The SMILES string of the molecule is CCCCCC(=O)c1cc(C)c(O)c(C)c1. The zero-order valence-electron chi connectivity index (χ0n) is 10.3. The van der Waals surface area contributed by atoms with E-state index in [1.807, 2.05) is 13.8 Å². The highest BCUT2D eigenvalue weighted by Gasteiger charge is 2.09. The van der Waals surface area contributed by atoms with Crippen LogP contribution in [0.3, 0.4) is 0 Å². The second kappa shape index (κ2) is 5.69. The first-order valence-corrected chi connectivity index (χ1v) is 5.89. The fraction of sp³-hybridized carbons (Fsp3) is 0.500. The maximum Gasteiger partial charge on any atom is 0.162 e. The lowest BCUT2D eigenvalue weighted by atomic mass is 10.00. The topological polar surface area (TPSA) is 37.3 Å². The molecule has 1 N–H and O–H groups in total. The Kier molecular flexibility index (Phi) is 4.53. The van der Waals surface area contributed by atoms with Crippen molar-refractivity contribution < 1.29 is 9.90 Å². The Morgan fingerprint density at radius 2 is 1.75 bits per heavy atom. The van der Waals surface area contributed by atoms with Crippen molar-refractivity contribution >= 4 is 5.78 Å². The van der Waals surface area contributed by atoms with Crippen molar-refractivity contribution in [1.29, 1.82) is 0 Å². The molecule has 0 aliphatic rings. The van der Waals surface area contributed by atoms with E-state index in [-0.39, 0.29) is 5.78 Å². The molecule has 1 aromatic rings. The number of hydrogen-bond donors (Lipinski definition) is 1. The zero-order chi connectivity index (χ0) is 12.1. The maximum atomic E-state index is 11.9. The molecule has 0 saturated carbocycles. The summed E-state index contributed by atoms with van der Waals surface area (Å²) in [5.41, 5.74) is 2.28. The fourth-order valence-electron chi connectivity index (χ4n) is 1.80. The van der Waals surface area contributed by atoms with Gasteiger partial charge < -0.3 is 5.11 Å². The Hall–Kier alpha value is -1.31. The Morgan fingerprint density at radius 1 is 1.19 bits per heavy atom. The number of aromatic hydroxyl groups is 1. The first-order chi connectivity index (χ1) is 7.56. The van der Waals surface area contributed by atoms with Gasteiger partial charge in [0.2, 0.25) is 0 Å². The first kappa shape index (κ1) is 12.8. The van der Waals surface area contributed by atoms with Crippen LogP contribution in [0.1, 0.15) is 54.1 Å². The number of hydrogen-bond acceptors (Lipinski definition) is 2. The van der Waals surface area contributed by atoms with Gasteiger partial charge in [-0.2, -0.15) is 0 Å². The molecule has 0 amide bonds. The number of aryl methyl sites for hydroxylation is 2. The highest BCUT2D eigenvalue weighted by molar-refractivity contribution is 5.96. The molecule has 0 saturated heterocycles. The smallest absolute Gasteiger partial charge is 0.162 e. The number of benzene rings is 1. The van der Waals surface area contributed by atoms with Gasteiger partial charge in [0, 0.05) is 12.0 Å². The van der Waals surface area contributed by atoms with Crippen molar-refractivity contribution in [1.82, 2.24) is 0 Å². The lowest BCUT2D eigenvalue weighted by Gasteiger charge is -2.07. The van der Waals surface area contributed by atoms with E-state index in [0.717, 1.165) is 36.0 Å². The van der Waals surface area contributed by atoms with Crippen LogP contribution in [0.25, 0.3) is 0 Å². The number of phenolic OH excluding ortho intramolecular Hbond substituents is 1. The van der Waals surface area contributed by atoms with Crippen LogP contribution in [0.4, 0.5) is 0 Å². The third kappa shape index (κ3) is 3.09. The minimum absolute atomic E-state index is 0.180. The number of rotatable bonds is 5. The molecule has 0 radical (unpaired) electrons. The zero-order valence-corrected chi connectivity index (χ0v) is 10.3. The molecule has 0 unspecified atom stereocenters. The van der Waals surface area contributed by atoms with E-state index in [0.29, 0.717) is 12.2 Å². The number of carbonyl (C=O) groups is 1. The molecule has 2 heteroatoms. The van der Waals surface area contributed by atoms with Gasteiger partial charge in [-0.15, -0.1) is 0 Å². The number of Topliss-reactive ketones (excluding diaryl/α,β-unsaturated/α-hetero) is 1. The summed E-state index contributed by atoms with van der Waals surface area (Å²) in [6.07, 6.45) is 3.79. The van der Waals surface area contributed by atoms with Crippen LogP contribution in [0.2, 0.25) is 0 Å². The summed E-state index contributed by atoms with van der Waals surface area (Å²) in [5, 5.41) is 9.62. The van der Waals surface area contributed by atoms with E-state index < -0.39 is 0 Å². The van der Waals surface area contributed by atoms with E-state index in [4.69, 9.17) is 0 Å². The third-order valence-electron chi connectivity index (χ3n) is 2.82. The Labute approximate surface area is 97.3 Å². The van der Waals surface area contributed by atoms with Gasteiger partial charge in [0.15, 0.2) is 5.78 Å². The van der Waals surface area contributed by atoms with Gasteiger partial charge in [0.1, 0.15) is 5.75 Å². The van der Waals surface area contributed by atoms with Crippen molar-refractivity contribution in [2.75, 3.05) is 0 Å². The van der Waals surface area contributed by atoms with Crippen molar-refractivity contribution in [3.8, 4) is 5.75 Å². The van der Waals surface area contributed by atoms with Crippen LogP contribution >= 0.6 is 0 Å². The van der Waals surface area contributed by atoms with E-state index in [9.17, 15) is 9.90 Å². The summed E-state index contributed by atoms with van der Waals surface area (Å²) in [7, 11) is 0. The highest BCUT2D eigenvalue weighted by atomic mass is 16.3. The van der Waals surface area contributed by atoms with Gasteiger partial charge in [-0.1, -0.05) is 19.8 Å². The minimum Gasteiger partial charge on any atom is -0.507 e. The molecular weight excluding hydrogens is 200 g/mol. The fourth-order valence-corrected chi connectivity index (χ4v) is 1.80. The van der Waals surface area contributed by atoms with Gasteiger partial charge >= 0.3 is 0 Å². The maximum absolute atomic E-state index is 11.9. The van der Waals surface area contributed by atoms with Gasteiger partial charge in [-0.3, -0.25) is 4.79 Å². The monoisotopic (exact) mass is 220 g/mol. The molecule has 88 valence electrons. The third-order valence-corrected chi connectivity index (χ3v) is 2.82. The quantitative estimate of drug-likeness (QED) is 0.605. The molecule has 0 fully saturated rings. The molecule has 1 rings (SSSR count). The average molecular weight is 220 g/mol. The number of unbranched alkanes of at least 4 members (excludes halogenated alkanes) is 2. The van der Waals surface area contributed by atoms with Crippen LogP contribution in [0.15, 0.2) is 12.1 Å². The van der Waals surface area contributed by atoms with Gasteiger partial charge in [0.25, 0.3) is 0 Å². The van der Waals surface area contributed by atoms with E-state index in [1.54, 1.807) is 12.1 Å². The molecule has 0 heterocycles. The molecule has 0 aromatic heterocycles. The molecule has 0 atom stereocenters. The summed E-state index contributed by atoms with van der Waals surface area (Å²) in [5.74, 6) is 0.477. The summed E-state index contributed by atoms with van der Waals surface area (Å²) >= 11 is 0. The highest BCUT2D eigenvalue weighted by Crippen LogP contribution is 2.23. The van der Waals surface area contributed by atoms with Crippen molar-refractivity contribution in [2.45, 2.75) is 46.5 Å². The molecular formula is C14H20O2. The van der Waals surface area contributed by atoms with Crippen LogP contribution in [-0.4, -0.2) is 10.9 Å². The molecule has 1 aromatic carbocycles. The van der Waals surface area contributed by atoms with E-state index >= 15 is 0 Å². The Morgan fingerprint density at radius 3 is 2.25 bits per heavy atom. The van der Waals surface area contributed by atoms with Crippen LogP contribution in [-0.2, 0) is 0 Å². The van der Waals surface area contributed by atoms with Gasteiger partial charge in [-0.05, 0) is 43.5 Å². The number of carbonyl (C=O) groups excluding carboxylic acids is 1. The lowest BCUT2D eigenvalue weighted by Crippen LogP contribution is -2.00. The van der Waals surface area contributed by atoms with Crippen molar-refractivity contribution in [3.63, 3.8) is 0 Å². The second-order valence-corrected chi connectivity index (χ2v) is 4.34. The number of ketones is 1. The number of phenols is 1. The van der Waals surface area contributed by atoms with Gasteiger partial charge in [-0.25, -0.2) is 0 Å². The molecule has 16 heavy (non-hydrogen) atoms. The largest absolute Gasteiger partial charge is 0.507 e. The summed E-state index contributed by atoms with van der Waals surface area (Å²) in [4.78, 5) is 11.9. The Bertz CT molecular complexity index is 357. The first-order valence-electron chi connectivity index (χ1n) is 5.89. The van der Waals surface area contributed by atoms with E-state index in [1.165, 1.54) is 0 Å². The van der Waals surface area contributed by atoms with Crippen molar-refractivity contribution in [3.05, 3.63) is 28.8 Å². The normalized spacial score (nSPS) is 10.4. The van der Waals surface area contributed by atoms with Crippen LogP contribution < -0.4 is 0 Å².